The Morgan fingerprint density at radius 3 is 2.78 bits per heavy atom. The standard InChI is InChI=1S/C25H34N6O/c1-16(2)26-25(32)12-11-21-18(4)28-24-14-22(29-31(24)19(21)5)23-10-7-13-30(23)15-20-9-6-8-17(3)27-20/h6,8-9,14,16,23H,7,10-13,15H2,1-5H3,(H,26,32)/t23-/m1/s1. The molecule has 0 bridgehead atoms. The van der Waals surface area contributed by atoms with Gasteiger partial charge < -0.3 is 5.32 Å². The van der Waals surface area contributed by atoms with Crippen molar-refractivity contribution in [3.8, 4) is 0 Å². The van der Waals surface area contributed by atoms with Gasteiger partial charge in [-0.2, -0.15) is 5.10 Å². The summed E-state index contributed by atoms with van der Waals surface area (Å²) in [6, 6.07) is 8.77. The van der Waals surface area contributed by atoms with Crippen molar-refractivity contribution in [2.24, 2.45) is 0 Å². The average Bonchev–Trinajstić information content (AvgIpc) is 3.34. The second kappa shape index (κ2) is 9.36. The molecule has 170 valence electrons. The molecular formula is C25H34N6O. The Morgan fingerprint density at radius 1 is 1.22 bits per heavy atom. The van der Waals surface area contributed by atoms with Crippen LogP contribution in [0.1, 0.15) is 73.2 Å². The van der Waals surface area contributed by atoms with Gasteiger partial charge in [0.1, 0.15) is 0 Å². The van der Waals surface area contributed by atoms with Crippen LogP contribution in [-0.2, 0) is 17.8 Å². The molecule has 0 unspecified atom stereocenters. The van der Waals surface area contributed by atoms with Gasteiger partial charge in [0.25, 0.3) is 0 Å². The number of hydrogen-bond acceptors (Lipinski definition) is 5. The summed E-state index contributed by atoms with van der Waals surface area (Å²) in [5.41, 5.74) is 7.26. The molecule has 1 saturated heterocycles. The number of fused-ring (bicyclic) bond motifs is 1. The monoisotopic (exact) mass is 434 g/mol. The van der Waals surface area contributed by atoms with Crippen LogP contribution in [0.5, 0.6) is 0 Å². The number of carbonyl (C=O) groups excluding carboxylic acids is 1. The summed E-state index contributed by atoms with van der Waals surface area (Å²) in [5.74, 6) is 0.0754. The van der Waals surface area contributed by atoms with Gasteiger partial charge in [0.15, 0.2) is 5.65 Å². The Kier molecular flexibility index (Phi) is 6.55. The molecule has 1 fully saturated rings. The van der Waals surface area contributed by atoms with E-state index in [-0.39, 0.29) is 18.0 Å². The minimum absolute atomic E-state index is 0.0754. The van der Waals surface area contributed by atoms with E-state index < -0.39 is 0 Å². The molecule has 7 heteroatoms. The third-order valence-corrected chi connectivity index (χ3v) is 6.25. The lowest BCUT2D eigenvalue weighted by atomic mass is 10.1. The molecule has 7 nitrogen and oxygen atoms in total. The molecule has 3 aromatic rings. The summed E-state index contributed by atoms with van der Waals surface area (Å²) in [7, 11) is 0. The quantitative estimate of drug-likeness (QED) is 0.611. The highest BCUT2D eigenvalue weighted by Crippen LogP contribution is 2.33. The molecule has 1 amide bonds. The number of likely N-dealkylation sites (tertiary alicyclic amines) is 1. The van der Waals surface area contributed by atoms with Crippen LogP contribution in [0, 0.1) is 20.8 Å². The molecular weight excluding hydrogens is 400 g/mol. The summed E-state index contributed by atoms with van der Waals surface area (Å²) in [4.78, 5) is 24.1. The van der Waals surface area contributed by atoms with Crippen molar-refractivity contribution < 1.29 is 4.79 Å². The van der Waals surface area contributed by atoms with Gasteiger partial charge in [0.05, 0.1) is 17.4 Å². The van der Waals surface area contributed by atoms with Crippen LogP contribution in [0.2, 0.25) is 0 Å². The highest BCUT2D eigenvalue weighted by Gasteiger charge is 2.29. The highest BCUT2D eigenvalue weighted by atomic mass is 16.1. The predicted octanol–water partition coefficient (Wildman–Crippen LogP) is 3.84. The Balaban J connectivity index is 1.56. The lowest BCUT2D eigenvalue weighted by Gasteiger charge is -2.22. The molecule has 0 radical (unpaired) electrons. The first-order valence-corrected chi connectivity index (χ1v) is 11.6. The maximum atomic E-state index is 12.1. The molecule has 1 aliphatic heterocycles. The lowest BCUT2D eigenvalue weighted by Crippen LogP contribution is -2.30. The van der Waals surface area contributed by atoms with E-state index in [1.807, 2.05) is 38.3 Å². The zero-order valence-electron chi connectivity index (χ0n) is 19.9. The van der Waals surface area contributed by atoms with Crippen molar-refractivity contribution >= 4 is 11.6 Å². The summed E-state index contributed by atoms with van der Waals surface area (Å²) in [5, 5.41) is 7.94. The van der Waals surface area contributed by atoms with E-state index >= 15 is 0 Å². The first-order valence-electron chi connectivity index (χ1n) is 11.6. The minimum Gasteiger partial charge on any atom is -0.354 e. The normalized spacial score (nSPS) is 16.9. The van der Waals surface area contributed by atoms with Gasteiger partial charge in [-0.25, -0.2) is 9.50 Å². The predicted molar refractivity (Wildman–Crippen MR) is 125 cm³/mol. The third-order valence-electron chi connectivity index (χ3n) is 6.25. The molecule has 0 aliphatic carbocycles. The van der Waals surface area contributed by atoms with E-state index in [9.17, 15) is 4.79 Å². The molecule has 1 atom stereocenters. The van der Waals surface area contributed by atoms with Crippen LogP contribution in [0.3, 0.4) is 0 Å². The summed E-state index contributed by atoms with van der Waals surface area (Å²) in [6.07, 6.45) is 3.38. The molecule has 0 saturated carbocycles. The van der Waals surface area contributed by atoms with E-state index in [0.717, 1.165) is 65.6 Å². The van der Waals surface area contributed by atoms with Crippen LogP contribution < -0.4 is 5.32 Å². The van der Waals surface area contributed by atoms with E-state index in [1.54, 1.807) is 0 Å². The summed E-state index contributed by atoms with van der Waals surface area (Å²) >= 11 is 0. The first kappa shape index (κ1) is 22.4. The van der Waals surface area contributed by atoms with Crippen LogP contribution >= 0.6 is 0 Å². The number of rotatable bonds is 7. The van der Waals surface area contributed by atoms with Crippen molar-refractivity contribution in [1.29, 1.82) is 0 Å². The summed E-state index contributed by atoms with van der Waals surface area (Å²) < 4.78 is 1.96. The number of aryl methyl sites for hydroxylation is 3. The minimum atomic E-state index is 0.0754. The second-order valence-corrected chi connectivity index (χ2v) is 9.22. The number of aromatic nitrogens is 4. The van der Waals surface area contributed by atoms with Gasteiger partial charge in [0.2, 0.25) is 5.91 Å². The second-order valence-electron chi connectivity index (χ2n) is 9.22. The van der Waals surface area contributed by atoms with Crippen molar-refractivity contribution in [3.05, 3.63) is 58.3 Å². The van der Waals surface area contributed by atoms with Crippen molar-refractivity contribution in [2.75, 3.05) is 6.54 Å². The molecule has 0 spiro atoms. The zero-order chi connectivity index (χ0) is 22.8. The van der Waals surface area contributed by atoms with Gasteiger partial charge in [-0.05, 0) is 78.1 Å². The Bertz CT molecular complexity index is 1120. The number of amides is 1. The Hall–Kier alpha value is -2.80. The smallest absolute Gasteiger partial charge is 0.220 e. The van der Waals surface area contributed by atoms with Crippen molar-refractivity contribution in [1.82, 2.24) is 29.8 Å². The molecule has 4 rings (SSSR count). The number of hydrogen-bond donors (Lipinski definition) is 1. The van der Waals surface area contributed by atoms with Crippen LogP contribution in [0.15, 0.2) is 24.3 Å². The fourth-order valence-electron chi connectivity index (χ4n) is 4.75. The summed E-state index contributed by atoms with van der Waals surface area (Å²) in [6.45, 7) is 12.0. The maximum absolute atomic E-state index is 12.1. The largest absolute Gasteiger partial charge is 0.354 e. The zero-order valence-corrected chi connectivity index (χ0v) is 19.9. The first-order chi connectivity index (χ1) is 15.3. The number of nitrogens with one attached hydrogen (secondary N) is 1. The van der Waals surface area contributed by atoms with Crippen LogP contribution in [0.4, 0.5) is 0 Å². The van der Waals surface area contributed by atoms with Gasteiger partial charge in [-0.15, -0.1) is 0 Å². The van der Waals surface area contributed by atoms with E-state index in [2.05, 4.69) is 40.3 Å². The number of pyridine rings is 1. The molecule has 0 aromatic carbocycles. The maximum Gasteiger partial charge on any atom is 0.220 e. The fraction of sp³-hybridized carbons (Fsp3) is 0.520. The number of nitrogens with zero attached hydrogens (tertiary/aromatic N) is 5. The van der Waals surface area contributed by atoms with Gasteiger partial charge in [0, 0.05) is 42.2 Å². The van der Waals surface area contributed by atoms with E-state index in [0.29, 0.717) is 12.8 Å². The van der Waals surface area contributed by atoms with Crippen LogP contribution in [0.25, 0.3) is 5.65 Å². The number of carbonyl (C=O) groups is 1. The Labute approximate surface area is 190 Å². The topological polar surface area (TPSA) is 75.4 Å². The van der Waals surface area contributed by atoms with Gasteiger partial charge in [-0.3, -0.25) is 14.7 Å². The van der Waals surface area contributed by atoms with Crippen LogP contribution in [-0.4, -0.2) is 43.0 Å². The fourth-order valence-corrected chi connectivity index (χ4v) is 4.75. The molecule has 32 heavy (non-hydrogen) atoms. The molecule has 1 N–H and O–H groups in total. The van der Waals surface area contributed by atoms with Crippen molar-refractivity contribution in [3.63, 3.8) is 0 Å². The van der Waals surface area contributed by atoms with Gasteiger partial charge in [-0.1, -0.05) is 6.07 Å². The molecule has 4 heterocycles. The molecule has 3 aromatic heterocycles. The van der Waals surface area contributed by atoms with E-state index in [4.69, 9.17) is 10.1 Å². The Morgan fingerprint density at radius 2 is 2.03 bits per heavy atom. The van der Waals surface area contributed by atoms with Crippen molar-refractivity contribution in [2.45, 2.75) is 78.9 Å². The lowest BCUT2D eigenvalue weighted by molar-refractivity contribution is -0.121. The highest BCUT2D eigenvalue weighted by molar-refractivity contribution is 5.76. The average molecular weight is 435 g/mol. The van der Waals surface area contributed by atoms with E-state index in [1.165, 1.54) is 0 Å². The molecule has 1 aliphatic rings. The van der Waals surface area contributed by atoms with Gasteiger partial charge >= 0.3 is 0 Å². The third kappa shape index (κ3) is 4.83. The SMILES string of the molecule is Cc1cccc(CN2CCC[C@@H]2c2cc3nc(C)c(CCC(=O)NC(C)C)c(C)n3n2)n1.